The molecule has 0 unspecified atom stereocenters. The summed E-state index contributed by atoms with van der Waals surface area (Å²) in [5.41, 5.74) is 2.73. The van der Waals surface area contributed by atoms with Crippen molar-refractivity contribution in [2.24, 2.45) is 0 Å². The van der Waals surface area contributed by atoms with Crippen LogP contribution in [0, 0.1) is 6.92 Å². The number of aromatic nitrogens is 2. The summed E-state index contributed by atoms with van der Waals surface area (Å²) in [6, 6.07) is 10.9. The van der Waals surface area contributed by atoms with Crippen LogP contribution in [-0.4, -0.2) is 28.7 Å². The van der Waals surface area contributed by atoms with E-state index >= 15 is 0 Å². The number of aryl methyl sites for hydroxylation is 1. The molecule has 0 radical (unpaired) electrons. The third kappa shape index (κ3) is 3.81. The van der Waals surface area contributed by atoms with E-state index in [0.717, 1.165) is 5.69 Å². The lowest BCUT2D eigenvalue weighted by atomic mass is 10.3. The first-order valence-electron chi connectivity index (χ1n) is 6.95. The minimum Gasteiger partial charge on any atom is -0.497 e. The molecule has 6 nitrogen and oxygen atoms in total. The van der Waals surface area contributed by atoms with E-state index in [1.54, 1.807) is 19.2 Å². The maximum Gasteiger partial charge on any atom is 0.258 e. The average molecular weight is 329 g/mol. The molecule has 0 spiro atoms. The number of ether oxygens (including phenoxy) is 1. The fraction of sp³-hybridized carbons (Fsp3) is 0.188. The Balaban J connectivity index is 1.61. The molecule has 2 aromatic heterocycles. The summed E-state index contributed by atoms with van der Waals surface area (Å²) in [5.74, 6) is 0.744. The topological polar surface area (TPSA) is 77.2 Å². The van der Waals surface area contributed by atoms with Crippen molar-refractivity contribution in [2.45, 2.75) is 12.1 Å². The van der Waals surface area contributed by atoms with Gasteiger partial charge < -0.3 is 14.5 Å². The Morgan fingerprint density at radius 1 is 1.30 bits per heavy atom. The van der Waals surface area contributed by atoms with Crippen LogP contribution in [0.2, 0.25) is 0 Å². The molecule has 0 saturated carbocycles. The van der Waals surface area contributed by atoms with Crippen molar-refractivity contribution in [1.29, 1.82) is 0 Å². The van der Waals surface area contributed by atoms with Crippen LogP contribution >= 0.6 is 11.8 Å². The van der Waals surface area contributed by atoms with Gasteiger partial charge in [0.2, 0.25) is 5.91 Å². The number of nitrogens with zero attached hydrogens (tertiary/aromatic N) is 2. The lowest BCUT2D eigenvalue weighted by Gasteiger charge is -2.05. The van der Waals surface area contributed by atoms with Gasteiger partial charge >= 0.3 is 0 Å². The molecule has 0 atom stereocenters. The summed E-state index contributed by atoms with van der Waals surface area (Å²) in [5, 5.41) is 3.23. The average Bonchev–Trinajstić information content (AvgIpc) is 2.95. The number of benzene rings is 1. The van der Waals surface area contributed by atoms with E-state index in [1.807, 2.05) is 31.2 Å². The largest absolute Gasteiger partial charge is 0.497 e. The number of carbonyl (C=O) groups is 1. The molecule has 0 bridgehead atoms. The van der Waals surface area contributed by atoms with Crippen molar-refractivity contribution in [3.63, 3.8) is 0 Å². The molecule has 3 rings (SSSR count). The highest BCUT2D eigenvalue weighted by molar-refractivity contribution is 7.99. The van der Waals surface area contributed by atoms with E-state index in [4.69, 9.17) is 9.15 Å². The van der Waals surface area contributed by atoms with Crippen molar-refractivity contribution in [1.82, 2.24) is 9.97 Å². The van der Waals surface area contributed by atoms with Crippen molar-refractivity contribution < 1.29 is 13.9 Å². The molecule has 0 saturated heterocycles. The zero-order chi connectivity index (χ0) is 16.2. The molecule has 2 heterocycles. The van der Waals surface area contributed by atoms with Gasteiger partial charge in [0.1, 0.15) is 5.75 Å². The Labute approximate surface area is 137 Å². The van der Waals surface area contributed by atoms with Gasteiger partial charge in [-0.05, 0) is 31.2 Å². The Morgan fingerprint density at radius 2 is 2.17 bits per heavy atom. The molecule has 0 aliphatic carbocycles. The number of anilines is 1. The van der Waals surface area contributed by atoms with Gasteiger partial charge in [-0.1, -0.05) is 17.8 Å². The van der Waals surface area contributed by atoms with E-state index in [-0.39, 0.29) is 11.7 Å². The van der Waals surface area contributed by atoms with Gasteiger partial charge in [-0.2, -0.15) is 4.98 Å². The van der Waals surface area contributed by atoms with Gasteiger partial charge in [0.25, 0.3) is 5.22 Å². The lowest BCUT2D eigenvalue weighted by molar-refractivity contribution is -0.113. The minimum atomic E-state index is -0.144. The third-order valence-corrected chi connectivity index (χ3v) is 3.88. The van der Waals surface area contributed by atoms with Crippen LogP contribution in [-0.2, 0) is 4.79 Å². The standard InChI is InChI=1S/C16H15N3O3S/c1-10-6-7-13-15(17-10)19-16(22-13)23-9-14(20)18-11-4-3-5-12(8-11)21-2/h3-8H,9H2,1-2H3,(H,18,20). The quantitative estimate of drug-likeness (QED) is 0.724. The second-order valence-corrected chi connectivity index (χ2v) is 5.75. The highest BCUT2D eigenvalue weighted by atomic mass is 32.2. The van der Waals surface area contributed by atoms with E-state index in [0.29, 0.717) is 27.9 Å². The molecule has 1 amide bonds. The summed E-state index contributed by atoms with van der Waals surface area (Å²) in [6.45, 7) is 1.89. The van der Waals surface area contributed by atoms with Gasteiger partial charge in [0.05, 0.1) is 12.9 Å². The molecule has 23 heavy (non-hydrogen) atoms. The Hall–Kier alpha value is -2.54. The number of fused-ring (bicyclic) bond motifs is 1. The van der Waals surface area contributed by atoms with Crippen molar-refractivity contribution in [3.05, 3.63) is 42.1 Å². The van der Waals surface area contributed by atoms with Crippen LogP contribution in [0.25, 0.3) is 11.2 Å². The molecule has 0 aliphatic rings. The number of hydrogen-bond donors (Lipinski definition) is 1. The van der Waals surface area contributed by atoms with Crippen molar-refractivity contribution in [2.75, 3.05) is 18.2 Å². The maximum atomic E-state index is 12.0. The van der Waals surface area contributed by atoms with Crippen molar-refractivity contribution >= 4 is 34.6 Å². The fourth-order valence-corrected chi connectivity index (χ4v) is 2.61. The van der Waals surface area contributed by atoms with Crippen LogP contribution in [0.15, 0.2) is 46.0 Å². The van der Waals surface area contributed by atoms with Gasteiger partial charge in [-0.3, -0.25) is 4.79 Å². The SMILES string of the molecule is COc1cccc(NC(=O)CSc2nc3nc(C)ccc3o2)c1. The molecule has 1 aromatic carbocycles. The number of amides is 1. The molecule has 0 fully saturated rings. The number of methoxy groups -OCH3 is 1. The molecular formula is C16H15N3O3S. The van der Waals surface area contributed by atoms with E-state index < -0.39 is 0 Å². The first kappa shape index (κ1) is 15.4. The minimum absolute atomic E-state index is 0.144. The van der Waals surface area contributed by atoms with Gasteiger partial charge in [-0.25, -0.2) is 4.98 Å². The predicted octanol–water partition coefficient (Wildman–Crippen LogP) is 3.27. The summed E-state index contributed by atoms with van der Waals surface area (Å²) >= 11 is 1.23. The van der Waals surface area contributed by atoms with E-state index in [9.17, 15) is 4.79 Å². The summed E-state index contributed by atoms with van der Waals surface area (Å²) in [6.07, 6.45) is 0. The molecule has 0 aliphatic heterocycles. The first-order valence-corrected chi connectivity index (χ1v) is 7.93. The van der Waals surface area contributed by atoms with Crippen LogP contribution in [0.1, 0.15) is 5.69 Å². The Kier molecular flexibility index (Phi) is 4.47. The van der Waals surface area contributed by atoms with Gasteiger partial charge in [0, 0.05) is 17.4 Å². The zero-order valence-electron chi connectivity index (χ0n) is 12.7. The monoisotopic (exact) mass is 329 g/mol. The van der Waals surface area contributed by atoms with E-state index in [1.165, 1.54) is 11.8 Å². The van der Waals surface area contributed by atoms with Crippen LogP contribution < -0.4 is 10.1 Å². The number of nitrogens with one attached hydrogen (secondary N) is 1. The number of carbonyl (C=O) groups excluding carboxylic acids is 1. The zero-order valence-corrected chi connectivity index (χ0v) is 13.5. The van der Waals surface area contributed by atoms with Crippen LogP contribution in [0.4, 0.5) is 5.69 Å². The second kappa shape index (κ2) is 6.70. The molecule has 1 N–H and O–H groups in total. The predicted molar refractivity (Wildman–Crippen MR) is 88.9 cm³/mol. The molecule has 7 heteroatoms. The maximum absolute atomic E-state index is 12.0. The molecular weight excluding hydrogens is 314 g/mol. The normalized spacial score (nSPS) is 10.7. The highest BCUT2D eigenvalue weighted by Crippen LogP contribution is 2.23. The van der Waals surface area contributed by atoms with Gasteiger partial charge in [-0.15, -0.1) is 0 Å². The number of hydrogen-bond acceptors (Lipinski definition) is 6. The smallest absolute Gasteiger partial charge is 0.258 e. The van der Waals surface area contributed by atoms with Gasteiger partial charge in [0.15, 0.2) is 11.2 Å². The Morgan fingerprint density at radius 3 is 3.00 bits per heavy atom. The van der Waals surface area contributed by atoms with Crippen LogP contribution in [0.5, 0.6) is 5.75 Å². The number of rotatable bonds is 5. The van der Waals surface area contributed by atoms with Crippen LogP contribution in [0.3, 0.4) is 0 Å². The second-order valence-electron chi connectivity index (χ2n) is 4.82. The number of thioether (sulfide) groups is 1. The summed E-state index contributed by atoms with van der Waals surface area (Å²) < 4.78 is 10.7. The van der Waals surface area contributed by atoms with Crippen molar-refractivity contribution in [3.8, 4) is 5.75 Å². The first-order chi connectivity index (χ1) is 11.1. The Bertz CT molecular complexity index is 847. The molecule has 3 aromatic rings. The summed E-state index contributed by atoms with van der Waals surface area (Å²) in [7, 11) is 1.58. The summed E-state index contributed by atoms with van der Waals surface area (Å²) in [4.78, 5) is 20.5. The number of oxazole rings is 1. The van der Waals surface area contributed by atoms with E-state index in [2.05, 4.69) is 15.3 Å². The third-order valence-electron chi connectivity index (χ3n) is 3.05. The highest BCUT2D eigenvalue weighted by Gasteiger charge is 2.10. The molecule has 118 valence electrons. The number of pyridine rings is 1. The lowest BCUT2D eigenvalue weighted by Crippen LogP contribution is -2.13. The fourth-order valence-electron chi connectivity index (χ4n) is 1.98.